The van der Waals surface area contributed by atoms with E-state index < -0.39 is 5.91 Å². The van der Waals surface area contributed by atoms with Gasteiger partial charge in [0.1, 0.15) is 12.7 Å². The Bertz CT molecular complexity index is 420. The first-order chi connectivity index (χ1) is 9.20. The van der Waals surface area contributed by atoms with Crippen LogP contribution in [0.3, 0.4) is 0 Å². The number of nitrogens with two attached hydrogens (primary N) is 2. The number of hydrogen-bond donors (Lipinski definition) is 2. The topological polar surface area (TPSA) is 69.1 Å². The van der Waals surface area contributed by atoms with E-state index in [4.69, 9.17) is 11.5 Å². The van der Waals surface area contributed by atoms with E-state index >= 15 is 0 Å². The van der Waals surface area contributed by atoms with Crippen molar-refractivity contribution in [2.75, 3.05) is 14.1 Å². The average Bonchev–Trinajstić information content (AvgIpc) is 2.39. The predicted molar refractivity (Wildman–Crippen MR) is 84.5 cm³/mol. The molecule has 120 valence electrons. The van der Waals surface area contributed by atoms with Crippen molar-refractivity contribution in [2.24, 2.45) is 11.5 Å². The van der Waals surface area contributed by atoms with Crippen molar-refractivity contribution in [1.82, 2.24) is 0 Å². The van der Waals surface area contributed by atoms with Crippen LogP contribution < -0.4 is 23.9 Å². The standard InChI is InChI=1S/C12H21N2.C4H7NO.ClH/c1-4-12(13)14(2,3)10-11-8-6-5-7-9-11;1-3(2)4(5)6;/h5-9,12H,4,10,13H2,1-3H3;1H2,2H3,(H2,5,6);1H/q+1;;/p-1. The normalized spacial score (nSPS) is 11.5. The van der Waals surface area contributed by atoms with Crippen molar-refractivity contribution >= 4 is 5.91 Å². The maximum atomic E-state index is 9.82. The summed E-state index contributed by atoms with van der Waals surface area (Å²) in [6, 6.07) is 10.5. The fraction of sp³-hybridized carbons (Fsp3) is 0.438. The van der Waals surface area contributed by atoms with Gasteiger partial charge in [0.2, 0.25) is 5.91 Å². The molecular weight excluding hydrogens is 286 g/mol. The Balaban J connectivity index is 0. The van der Waals surface area contributed by atoms with Gasteiger partial charge in [-0.15, -0.1) is 0 Å². The molecule has 0 bridgehead atoms. The minimum atomic E-state index is -0.435. The minimum Gasteiger partial charge on any atom is -1.00 e. The van der Waals surface area contributed by atoms with Gasteiger partial charge in [0.25, 0.3) is 0 Å². The second-order valence-corrected chi connectivity index (χ2v) is 5.54. The molecule has 0 heterocycles. The Morgan fingerprint density at radius 3 is 2.05 bits per heavy atom. The van der Waals surface area contributed by atoms with Gasteiger partial charge >= 0.3 is 0 Å². The van der Waals surface area contributed by atoms with Crippen LogP contribution >= 0.6 is 0 Å². The summed E-state index contributed by atoms with van der Waals surface area (Å²) in [4.78, 5) is 9.82. The molecule has 1 amide bonds. The molecule has 4 N–H and O–H groups in total. The van der Waals surface area contributed by atoms with Crippen LogP contribution in [0.5, 0.6) is 0 Å². The number of amides is 1. The molecule has 0 aliphatic rings. The maximum Gasteiger partial charge on any atom is 0.243 e. The van der Waals surface area contributed by atoms with Crippen LogP contribution in [-0.2, 0) is 11.3 Å². The molecule has 0 spiro atoms. The van der Waals surface area contributed by atoms with Crippen LogP contribution in [0.2, 0.25) is 0 Å². The van der Waals surface area contributed by atoms with E-state index in [1.807, 2.05) is 6.07 Å². The third-order valence-corrected chi connectivity index (χ3v) is 3.17. The summed E-state index contributed by atoms with van der Waals surface area (Å²) in [6.45, 7) is 7.98. The molecule has 1 unspecified atom stereocenters. The van der Waals surface area contributed by atoms with Crippen molar-refractivity contribution in [3.8, 4) is 0 Å². The van der Waals surface area contributed by atoms with Gasteiger partial charge in [0.15, 0.2) is 0 Å². The third-order valence-electron chi connectivity index (χ3n) is 3.17. The summed E-state index contributed by atoms with van der Waals surface area (Å²) in [5.74, 6) is -0.435. The molecule has 1 atom stereocenters. The second-order valence-electron chi connectivity index (χ2n) is 5.54. The van der Waals surface area contributed by atoms with Crippen LogP contribution in [-0.4, -0.2) is 30.7 Å². The van der Waals surface area contributed by atoms with Crippen molar-refractivity contribution in [3.05, 3.63) is 48.0 Å². The summed E-state index contributed by atoms with van der Waals surface area (Å²) in [5, 5.41) is 0. The molecule has 4 nitrogen and oxygen atoms in total. The molecule has 1 aromatic rings. The summed E-state index contributed by atoms with van der Waals surface area (Å²) in [6.07, 6.45) is 1.23. The third kappa shape index (κ3) is 9.24. The van der Waals surface area contributed by atoms with E-state index in [1.165, 1.54) is 5.56 Å². The lowest BCUT2D eigenvalue weighted by atomic mass is 10.2. The zero-order valence-corrected chi connectivity index (χ0v) is 14.2. The molecule has 0 radical (unpaired) electrons. The van der Waals surface area contributed by atoms with Gasteiger partial charge in [-0.25, -0.2) is 0 Å². The molecule has 1 aromatic carbocycles. The molecular formula is C16H28ClN3O. The van der Waals surface area contributed by atoms with E-state index in [-0.39, 0.29) is 18.6 Å². The number of carbonyl (C=O) groups is 1. The molecule has 0 aliphatic heterocycles. The average molecular weight is 314 g/mol. The Kier molecular flexibility index (Phi) is 10.8. The highest BCUT2D eigenvalue weighted by molar-refractivity contribution is 5.90. The van der Waals surface area contributed by atoms with Crippen molar-refractivity contribution in [2.45, 2.75) is 33.0 Å². The molecule has 0 aromatic heterocycles. The van der Waals surface area contributed by atoms with E-state index in [0.29, 0.717) is 5.57 Å². The smallest absolute Gasteiger partial charge is 0.243 e. The van der Waals surface area contributed by atoms with Crippen LogP contribution in [0.15, 0.2) is 42.5 Å². The molecule has 5 heteroatoms. The number of hydrogen-bond acceptors (Lipinski definition) is 2. The first-order valence-electron chi connectivity index (χ1n) is 6.78. The van der Waals surface area contributed by atoms with E-state index in [9.17, 15) is 4.79 Å². The van der Waals surface area contributed by atoms with Crippen molar-refractivity contribution in [1.29, 1.82) is 0 Å². The highest BCUT2D eigenvalue weighted by Gasteiger charge is 2.22. The van der Waals surface area contributed by atoms with Gasteiger partial charge in [-0.05, 0) is 6.92 Å². The highest BCUT2D eigenvalue weighted by atomic mass is 35.5. The fourth-order valence-corrected chi connectivity index (χ4v) is 1.67. The van der Waals surface area contributed by atoms with E-state index in [0.717, 1.165) is 17.4 Å². The lowest BCUT2D eigenvalue weighted by Crippen LogP contribution is -3.00. The van der Waals surface area contributed by atoms with Crippen LogP contribution in [0.4, 0.5) is 0 Å². The van der Waals surface area contributed by atoms with Gasteiger partial charge in [-0.3, -0.25) is 10.5 Å². The van der Waals surface area contributed by atoms with Crippen molar-refractivity contribution in [3.63, 3.8) is 0 Å². The molecule has 0 saturated heterocycles. The number of benzene rings is 1. The van der Waals surface area contributed by atoms with Crippen LogP contribution in [0.1, 0.15) is 25.8 Å². The predicted octanol–water partition coefficient (Wildman–Crippen LogP) is -0.990. The molecule has 0 saturated carbocycles. The molecule has 0 fully saturated rings. The number of nitrogens with zero attached hydrogens (tertiary/aromatic N) is 1. The number of rotatable bonds is 5. The Morgan fingerprint density at radius 1 is 1.29 bits per heavy atom. The van der Waals surface area contributed by atoms with E-state index in [1.54, 1.807) is 6.92 Å². The first kappa shape index (κ1) is 21.9. The number of carbonyl (C=O) groups excluding carboxylic acids is 1. The SMILES string of the molecule is C=C(C)C(N)=O.CCC(N)[N+](C)(C)Cc1ccccc1.[Cl-]. The molecule has 1 rings (SSSR count). The Hall–Kier alpha value is -1.36. The van der Waals surface area contributed by atoms with Gasteiger partial charge in [0.05, 0.1) is 14.1 Å². The zero-order valence-electron chi connectivity index (χ0n) is 13.5. The zero-order chi connectivity index (χ0) is 15.8. The summed E-state index contributed by atoms with van der Waals surface area (Å²) >= 11 is 0. The molecule has 21 heavy (non-hydrogen) atoms. The van der Waals surface area contributed by atoms with E-state index in [2.05, 4.69) is 51.9 Å². The summed E-state index contributed by atoms with van der Waals surface area (Å²) in [7, 11) is 4.36. The number of primary amides is 1. The number of halogens is 1. The fourth-order valence-electron chi connectivity index (χ4n) is 1.67. The Labute approximate surface area is 134 Å². The highest BCUT2D eigenvalue weighted by Crippen LogP contribution is 2.12. The van der Waals surface area contributed by atoms with Gasteiger partial charge in [-0.1, -0.05) is 43.8 Å². The number of quaternary nitrogens is 1. The first-order valence-corrected chi connectivity index (χ1v) is 6.78. The van der Waals surface area contributed by atoms with Crippen LogP contribution in [0.25, 0.3) is 0 Å². The monoisotopic (exact) mass is 313 g/mol. The Morgan fingerprint density at radius 2 is 1.71 bits per heavy atom. The second kappa shape index (κ2) is 10.4. The maximum absolute atomic E-state index is 9.82. The summed E-state index contributed by atoms with van der Waals surface area (Å²) in [5.41, 5.74) is 12.5. The van der Waals surface area contributed by atoms with Crippen LogP contribution in [0, 0.1) is 0 Å². The lowest BCUT2D eigenvalue weighted by Gasteiger charge is -2.35. The molecule has 0 aliphatic carbocycles. The van der Waals surface area contributed by atoms with Gasteiger partial charge in [-0.2, -0.15) is 0 Å². The largest absolute Gasteiger partial charge is 1.00 e. The van der Waals surface area contributed by atoms with Gasteiger partial charge in [0, 0.05) is 17.6 Å². The van der Waals surface area contributed by atoms with Gasteiger partial charge < -0.3 is 22.6 Å². The lowest BCUT2D eigenvalue weighted by molar-refractivity contribution is -0.927. The minimum absolute atomic E-state index is 0. The summed E-state index contributed by atoms with van der Waals surface area (Å²) < 4.78 is 0.848. The quantitative estimate of drug-likeness (QED) is 0.416. The van der Waals surface area contributed by atoms with Crippen molar-refractivity contribution < 1.29 is 21.7 Å².